The van der Waals surface area contributed by atoms with Crippen molar-refractivity contribution < 1.29 is 58.2 Å². The molecule has 6 aliphatic heterocycles. The number of aromatic amines is 1. The van der Waals surface area contributed by atoms with E-state index in [1.165, 1.54) is 31.1 Å². The molecule has 4 fully saturated rings. The van der Waals surface area contributed by atoms with Crippen molar-refractivity contribution in [3.63, 3.8) is 0 Å². The van der Waals surface area contributed by atoms with Crippen molar-refractivity contribution in [3.05, 3.63) is 88.7 Å². The Balaban J connectivity index is 1.02. The highest BCUT2D eigenvalue weighted by atomic mass is 16.6. The molecule has 12 atom stereocenters. The van der Waals surface area contributed by atoms with Gasteiger partial charge in [0.2, 0.25) is 11.5 Å². The molecule has 3 aromatic rings. The van der Waals surface area contributed by atoms with Crippen molar-refractivity contribution >= 4 is 46.5 Å². The molecule has 1 spiro atoms. The normalized spacial score (nSPS) is 35.1. The number of likely N-dealkylation sites (tertiary alicyclic amines) is 1. The number of benzene rings is 2. The number of nitrogens with one attached hydrogen (secondary N) is 1. The number of likely N-dealkylation sites (N-methyl/N-ethyl adjacent to an activating group) is 2. The quantitative estimate of drug-likeness (QED) is 0.107. The number of allylic oxidation sites excluding steroid dienone is 1. The maximum atomic E-state index is 15.6. The van der Waals surface area contributed by atoms with Gasteiger partial charge < -0.3 is 54.0 Å². The zero-order valence-electron chi connectivity index (χ0n) is 46.8. The van der Waals surface area contributed by atoms with Crippen LogP contribution < -0.4 is 4.90 Å². The van der Waals surface area contributed by atoms with Crippen LogP contribution in [0.15, 0.2) is 60.7 Å². The molecule has 18 heteroatoms. The van der Waals surface area contributed by atoms with E-state index in [2.05, 4.69) is 20.9 Å². The van der Waals surface area contributed by atoms with E-state index >= 15 is 14.4 Å². The highest BCUT2D eigenvalue weighted by molar-refractivity contribution is 5.95. The van der Waals surface area contributed by atoms with Crippen LogP contribution in [0.1, 0.15) is 119 Å². The summed E-state index contributed by atoms with van der Waals surface area (Å²) in [5.41, 5.74) is -2.47. The molecule has 4 N–H and O–H groups in total. The molecule has 426 valence electrons. The number of ether oxygens (including phenoxy) is 4. The van der Waals surface area contributed by atoms with E-state index in [1.807, 2.05) is 80.4 Å². The molecule has 2 aliphatic carbocycles. The second-order valence-electron chi connectivity index (χ2n) is 24.2. The van der Waals surface area contributed by atoms with E-state index in [1.54, 1.807) is 0 Å². The summed E-state index contributed by atoms with van der Waals surface area (Å²) in [6, 6.07) is 9.28. The number of esters is 3. The summed E-state index contributed by atoms with van der Waals surface area (Å²) in [4.78, 5) is 86.3. The second kappa shape index (κ2) is 20.9. The van der Waals surface area contributed by atoms with Crippen LogP contribution in [0.5, 0.6) is 0 Å². The minimum atomic E-state index is -2.54. The lowest BCUT2D eigenvalue weighted by molar-refractivity contribution is -0.231. The predicted octanol–water partition coefficient (Wildman–Crippen LogP) is 5.40. The van der Waals surface area contributed by atoms with Gasteiger partial charge in [-0.15, -0.1) is 0 Å². The largest absolute Gasteiger partial charge is 0.468 e. The molecule has 79 heavy (non-hydrogen) atoms. The fourth-order valence-corrected chi connectivity index (χ4v) is 16.7. The third-order valence-electron chi connectivity index (χ3n) is 20.1. The number of aliphatic hydroxyl groups is 3. The highest BCUT2D eigenvalue weighted by Gasteiger charge is 2.80. The lowest BCUT2D eigenvalue weighted by Crippen LogP contribution is -2.81. The number of rotatable bonds is 11. The van der Waals surface area contributed by atoms with Crippen molar-refractivity contribution in [1.29, 1.82) is 0 Å². The summed E-state index contributed by atoms with van der Waals surface area (Å²) in [5.74, 6) is -2.93. The zero-order valence-corrected chi connectivity index (χ0v) is 46.8. The number of aromatic nitrogens is 1. The van der Waals surface area contributed by atoms with Crippen LogP contribution in [-0.2, 0) is 62.0 Å². The molecular formula is C61H80N6O12. The maximum Gasteiger partial charge on any atom is 0.410 e. The van der Waals surface area contributed by atoms with E-state index in [-0.39, 0.29) is 31.8 Å². The average molecular weight is 1090 g/mol. The predicted molar refractivity (Wildman–Crippen MR) is 294 cm³/mol. The Morgan fingerprint density at radius 3 is 2.43 bits per heavy atom. The maximum absolute atomic E-state index is 15.6. The number of carbonyl (C=O) groups excluding carboxylic acids is 5. The highest BCUT2D eigenvalue weighted by Crippen LogP contribution is 2.68. The third-order valence-corrected chi connectivity index (χ3v) is 20.1. The van der Waals surface area contributed by atoms with Gasteiger partial charge in [0.05, 0.1) is 32.5 Å². The number of hydrogen-bond acceptors (Lipinski definition) is 15. The smallest absolute Gasteiger partial charge is 0.410 e. The fourth-order valence-electron chi connectivity index (χ4n) is 16.7. The summed E-state index contributed by atoms with van der Waals surface area (Å²) in [6.45, 7) is 6.29. The molecule has 1 saturated carbocycles. The molecule has 7 heterocycles. The number of fused-ring (bicyclic) bond motifs is 6. The standard InChI is InChI=1S/C61H80N6O12/c1-7-57(74)32-38-33-60(54(71)76-5,49-42(23-28-65(34-38)37-57)41-20-14-15-21-45(41)62-49)43-31-44-47(30-39(43)36-68)64(4)52-59(44)25-29-66-26-17-24-58(8-2,51(59)66)53(61(52,75)55(72)77-6)79-50(70)46-22-16-27-67(46)48(69)35-63(3)56(73)78-40-18-12-10-9-11-13-19-40/h12,14-15,17-18,20-21,24,30-31,38,40,46,51-53,62,68,74-75H,7-11,13,16,19,22-23,25-29,32-37H2,1-6H3/b18-12+/t38-,40?,46?,51?,52?,53+,57-,58+,59?,60-,61?/m0/s1. The van der Waals surface area contributed by atoms with E-state index in [0.717, 1.165) is 47.7 Å². The number of methoxy groups -OCH3 is 2. The Hall–Kier alpha value is -5.79. The van der Waals surface area contributed by atoms with Gasteiger partial charge in [-0.25, -0.2) is 14.4 Å². The van der Waals surface area contributed by atoms with Gasteiger partial charge in [0, 0.05) is 86.0 Å². The van der Waals surface area contributed by atoms with Crippen LogP contribution >= 0.6 is 0 Å². The summed E-state index contributed by atoms with van der Waals surface area (Å²) in [7, 11) is 5.92. The lowest BCUT2D eigenvalue weighted by atomic mass is 9.47. The molecule has 2 aromatic carbocycles. The number of carbonyl (C=O) groups is 5. The number of amides is 2. The minimum Gasteiger partial charge on any atom is -0.468 e. The Morgan fingerprint density at radius 1 is 0.873 bits per heavy atom. The number of piperidine rings is 1. The van der Waals surface area contributed by atoms with Gasteiger partial charge in [-0.1, -0.05) is 62.8 Å². The van der Waals surface area contributed by atoms with Gasteiger partial charge in [0.1, 0.15) is 24.1 Å². The first-order valence-corrected chi connectivity index (χ1v) is 28.9. The van der Waals surface area contributed by atoms with Crippen molar-refractivity contribution in [2.75, 3.05) is 79.0 Å². The van der Waals surface area contributed by atoms with Crippen LogP contribution in [0.4, 0.5) is 10.5 Å². The first-order chi connectivity index (χ1) is 38.0. The van der Waals surface area contributed by atoms with Gasteiger partial charge in [-0.2, -0.15) is 0 Å². The second-order valence-corrected chi connectivity index (χ2v) is 24.2. The number of aliphatic hydroxyl groups excluding tert-OH is 1. The van der Waals surface area contributed by atoms with Crippen LogP contribution in [0.25, 0.3) is 10.9 Å². The van der Waals surface area contributed by atoms with Gasteiger partial charge in [-0.05, 0) is 130 Å². The Kier molecular flexibility index (Phi) is 14.6. The molecule has 1 aromatic heterocycles. The molecule has 11 rings (SSSR count). The molecule has 8 aliphatic rings. The first kappa shape index (κ1) is 55.1. The van der Waals surface area contributed by atoms with Gasteiger partial charge in [-0.3, -0.25) is 19.4 Å². The molecular weight excluding hydrogens is 1010 g/mol. The fraction of sp³-hybridized carbons (Fsp3) is 0.623. The van der Waals surface area contributed by atoms with Crippen LogP contribution in [0.2, 0.25) is 0 Å². The monoisotopic (exact) mass is 1090 g/mol. The first-order valence-electron chi connectivity index (χ1n) is 28.9. The van der Waals surface area contributed by atoms with Gasteiger partial charge >= 0.3 is 24.0 Å². The Labute approximate surface area is 463 Å². The average Bonchev–Trinajstić information content (AvgIpc) is 2.61. The van der Waals surface area contributed by atoms with E-state index in [4.69, 9.17) is 18.9 Å². The van der Waals surface area contributed by atoms with Gasteiger partial charge in [0.15, 0.2) is 6.10 Å². The number of H-pyrrole nitrogens is 1. The number of nitrogens with zero attached hydrogens (tertiary/aromatic N) is 5. The SMILES string of the molecule is CC[C@]1(O)C[C@@H]2CN(CCc3c([nH]c4ccccc34)[C@@](C(=O)OC)(c3cc4c(cc3CO)N(C)C3C45CCN4CC=C[C@](CC)(C45)[C@@H](OC(=O)C4CCCN4C(=O)CN(C)C(=O)OC4/C=C/CCCCC4)C3(O)C(=O)OC)C2)C1. The molecule has 0 radical (unpaired) electrons. The Morgan fingerprint density at radius 2 is 1.67 bits per heavy atom. The van der Waals surface area contributed by atoms with E-state index in [9.17, 15) is 24.9 Å². The summed E-state index contributed by atoms with van der Waals surface area (Å²) in [6.07, 6.45) is 13.4. The Bertz CT molecular complexity index is 2960. The van der Waals surface area contributed by atoms with Gasteiger partial charge in [0.25, 0.3) is 0 Å². The molecule has 2 amide bonds. The van der Waals surface area contributed by atoms with Crippen LogP contribution in [-0.4, -0.2) is 185 Å². The lowest BCUT2D eigenvalue weighted by Gasteiger charge is -2.63. The number of anilines is 1. The molecule has 3 saturated heterocycles. The van der Waals surface area contributed by atoms with Crippen molar-refractivity contribution in [3.8, 4) is 0 Å². The van der Waals surface area contributed by atoms with E-state index in [0.29, 0.717) is 100 Å². The summed E-state index contributed by atoms with van der Waals surface area (Å²) in [5, 5.41) is 38.9. The number of hydrogen-bond donors (Lipinski definition) is 4. The molecule has 7 unspecified atom stereocenters. The van der Waals surface area contributed by atoms with Crippen LogP contribution in [0, 0.1) is 11.3 Å². The summed E-state index contributed by atoms with van der Waals surface area (Å²) < 4.78 is 24.2. The zero-order chi connectivity index (χ0) is 55.8. The molecule has 2 bridgehead atoms. The van der Waals surface area contributed by atoms with Crippen molar-refractivity contribution in [2.24, 2.45) is 11.3 Å². The summed E-state index contributed by atoms with van der Waals surface area (Å²) >= 11 is 0. The van der Waals surface area contributed by atoms with Crippen LogP contribution in [0.3, 0.4) is 0 Å². The third kappa shape index (κ3) is 8.54. The minimum absolute atomic E-state index is 0.182. The topological polar surface area (TPSA) is 215 Å². The van der Waals surface area contributed by atoms with Crippen molar-refractivity contribution in [1.82, 2.24) is 24.6 Å². The van der Waals surface area contributed by atoms with Crippen molar-refractivity contribution in [2.45, 2.75) is 156 Å². The number of para-hydroxylation sites is 1. The van der Waals surface area contributed by atoms with E-state index < -0.39 is 94.3 Å². The molecule has 18 nitrogen and oxygen atoms in total.